The second kappa shape index (κ2) is 9.70. The van der Waals surface area contributed by atoms with Crippen LogP contribution in [-0.4, -0.2) is 9.97 Å². The zero-order valence-corrected chi connectivity index (χ0v) is 18.0. The summed E-state index contributed by atoms with van der Waals surface area (Å²) in [6, 6.07) is 12.0. The molecule has 1 aromatic heterocycles. The van der Waals surface area contributed by atoms with Crippen molar-refractivity contribution < 1.29 is 13.2 Å². The number of nitrogen functional groups attached to an aromatic ring is 1. The first-order chi connectivity index (χ1) is 14.9. The molecular weight excluding hydrogens is 421 g/mol. The lowest BCUT2D eigenvalue weighted by atomic mass is 10.0. The Labute approximate surface area is 182 Å². The second-order valence-electron chi connectivity index (χ2n) is 6.40. The van der Waals surface area contributed by atoms with Crippen LogP contribution in [0, 0.1) is 24.4 Å². The van der Waals surface area contributed by atoms with Crippen LogP contribution in [0.15, 0.2) is 59.6 Å². The van der Waals surface area contributed by atoms with E-state index in [4.69, 9.17) is 5.73 Å². The van der Waals surface area contributed by atoms with Gasteiger partial charge in [0, 0.05) is 16.5 Å². The molecule has 0 fully saturated rings. The predicted octanol–water partition coefficient (Wildman–Crippen LogP) is 6.75. The summed E-state index contributed by atoms with van der Waals surface area (Å²) in [4.78, 5) is 8.56. The number of nitrogens with one attached hydrogen (secondary N) is 1. The number of nitrogens with zero attached hydrogens (tertiary/aromatic N) is 2. The van der Waals surface area contributed by atoms with Gasteiger partial charge in [-0.3, -0.25) is 0 Å². The molecule has 4 rings (SSSR count). The average molecular weight is 443 g/mol. The molecule has 0 unspecified atom stereocenters. The average Bonchev–Trinajstić information content (AvgIpc) is 2.77. The highest BCUT2D eigenvalue weighted by Gasteiger charge is 2.17. The fourth-order valence-corrected chi connectivity index (χ4v) is 3.53. The molecule has 31 heavy (non-hydrogen) atoms. The predicted molar refractivity (Wildman–Crippen MR) is 121 cm³/mol. The van der Waals surface area contributed by atoms with Crippen molar-refractivity contribution in [1.29, 1.82) is 0 Å². The van der Waals surface area contributed by atoms with E-state index < -0.39 is 11.6 Å². The molecule has 0 amide bonds. The fraction of sp³-hybridized carbons (Fsp3) is 0.130. The summed E-state index contributed by atoms with van der Waals surface area (Å²) in [6.07, 6.45) is 1.50. The number of aromatic nitrogens is 2. The van der Waals surface area contributed by atoms with Crippen LogP contribution in [-0.2, 0) is 0 Å². The Bertz CT molecular complexity index is 1230. The van der Waals surface area contributed by atoms with Crippen LogP contribution in [0.4, 0.5) is 24.8 Å². The zero-order chi connectivity index (χ0) is 22.5. The topological polar surface area (TPSA) is 63.8 Å². The zero-order valence-electron chi connectivity index (χ0n) is 17.2. The Morgan fingerprint density at radius 1 is 0.935 bits per heavy atom. The highest BCUT2D eigenvalue weighted by atomic mass is 32.2. The van der Waals surface area contributed by atoms with Crippen molar-refractivity contribution in [1.82, 2.24) is 9.97 Å². The Balaban J connectivity index is 0.00000132. The number of nitrogens with two attached hydrogens (primary N) is 1. The maximum absolute atomic E-state index is 15.1. The third-order valence-corrected chi connectivity index (χ3v) is 5.21. The number of fused-ring (bicyclic) bond motifs is 1. The number of anilines is 2. The summed E-state index contributed by atoms with van der Waals surface area (Å²) in [5, 5.41) is 0.610. The molecule has 4 nitrogen and oxygen atoms in total. The van der Waals surface area contributed by atoms with Crippen LogP contribution in [0.25, 0.3) is 22.0 Å². The Morgan fingerprint density at radius 2 is 1.71 bits per heavy atom. The van der Waals surface area contributed by atoms with Crippen LogP contribution in [0.1, 0.15) is 19.4 Å². The Kier molecular flexibility index (Phi) is 7.02. The highest BCUT2D eigenvalue weighted by molar-refractivity contribution is 8.00. The molecule has 1 heterocycles. The van der Waals surface area contributed by atoms with Gasteiger partial charge in [-0.2, -0.15) is 0 Å². The van der Waals surface area contributed by atoms with Crippen LogP contribution < -0.4 is 10.5 Å². The van der Waals surface area contributed by atoms with Crippen molar-refractivity contribution in [3.05, 3.63) is 77.7 Å². The molecule has 0 saturated carbocycles. The van der Waals surface area contributed by atoms with E-state index in [1.807, 2.05) is 13.8 Å². The lowest BCUT2D eigenvalue weighted by Gasteiger charge is -2.12. The van der Waals surface area contributed by atoms with Crippen molar-refractivity contribution in [2.75, 3.05) is 10.5 Å². The molecule has 0 radical (unpaired) electrons. The summed E-state index contributed by atoms with van der Waals surface area (Å²) >= 11 is 1.04. The van der Waals surface area contributed by atoms with Gasteiger partial charge in [-0.1, -0.05) is 26.0 Å². The van der Waals surface area contributed by atoms with Gasteiger partial charge in [0.05, 0.1) is 16.8 Å². The molecule has 160 valence electrons. The minimum Gasteiger partial charge on any atom is -0.368 e. The third kappa shape index (κ3) is 4.91. The molecule has 0 atom stereocenters. The van der Waals surface area contributed by atoms with Gasteiger partial charge in [-0.25, -0.2) is 23.1 Å². The van der Waals surface area contributed by atoms with Crippen LogP contribution in [0.5, 0.6) is 0 Å². The third-order valence-electron chi connectivity index (χ3n) is 4.40. The molecule has 4 aromatic rings. The summed E-state index contributed by atoms with van der Waals surface area (Å²) in [6.45, 7) is 5.66. The SMILES string of the molecule is CC.Cc1ccc(SNc2ccc(F)c(-c3ccc4nc(N)ncc4c3)c2F)cc1F. The van der Waals surface area contributed by atoms with Gasteiger partial charge in [-0.15, -0.1) is 0 Å². The molecule has 0 spiro atoms. The van der Waals surface area contributed by atoms with Gasteiger partial charge in [0.1, 0.15) is 11.6 Å². The van der Waals surface area contributed by atoms with Crippen molar-refractivity contribution in [2.24, 2.45) is 0 Å². The van der Waals surface area contributed by atoms with Gasteiger partial charge < -0.3 is 10.5 Å². The summed E-state index contributed by atoms with van der Waals surface area (Å²) in [7, 11) is 0. The summed E-state index contributed by atoms with van der Waals surface area (Å²) < 4.78 is 46.1. The largest absolute Gasteiger partial charge is 0.368 e. The minimum absolute atomic E-state index is 0.0843. The number of aryl methyl sites for hydroxylation is 1. The highest BCUT2D eigenvalue weighted by Crippen LogP contribution is 2.34. The number of rotatable bonds is 4. The van der Waals surface area contributed by atoms with Gasteiger partial charge in [0.2, 0.25) is 5.95 Å². The van der Waals surface area contributed by atoms with Gasteiger partial charge in [0.25, 0.3) is 0 Å². The van der Waals surface area contributed by atoms with E-state index in [-0.39, 0.29) is 23.0 Å². The fourth-order valence-electron chi connectivity index (χ4n) is 2.85. The van der Waals surface area contributed by atoms with E-state index in [0.29, 0.717) is 26.9 Å². The van der Waals surface area contributed by atoms with Crippen LogP contribution >= 0.6 is 11.9 Å². The Morgan fingerprint density at radius 3 is 2.45 bits per heavy atom. The first-order valence-electron chi connectivity index (χ1n) is 9.62. The van der Waals surface area contributed by atoms with E-state index in [1.54, 1.807) is 37.3 Å². The van der Waals surface area contributed by atoms with Gasteiger partial charge in [-0.05, 0) is 66.4 Å². The maximum Gasteiger partial charge on any atom is 0.220 e. The number of benzene rings is 3. The Hall–Kier alpha value is -3.26. The summed E-state index contributed by atoms with van der Waals surface area (Å²) in [5.74, 6) is -1.68. The van der Waals surface area contributed by atoms with Gasteiger partial charge >= 0.3 is 0 Å². The first-order valence-corrected chi connectivity index (χ1v) is 10.4. The van der Waals surface area contributed by atoms with Crippen molar-refractivity contribution >= 4 is 34.5 Å². The molecule has 0 aliphatic rings. The first kappa shape index (κ1) is 22.4. The number of hydrogen-bond donors (Lipinski definition) is 2. The van der Waals surface area contributed by atoms with E-state index in [2.05, 4.69) is 14.7 Å². The summed E-state index contributed by atoms with van der Waals surface area (Å²) in [5.41, 5.74) is 6.91. The molecule has 3 N–H and O–H groups in total. The van der Waals surface area contributed by atoms with Crippen molar-refractivity contribution in [3.8, 4) is 11.1 Å². The lowest BCUT2D eigenvalue weighted by molar-refractivity contribution is 0.592. The molecular formula is C23H21F3N4S. The number of hydrogen-bond acceptors (Lipinski definition) is 5. The quantitative estimate of drug-likeness (QED) is 0.342. The monoisotopic (exact) mass is 442 g/mol. The molecule has 0 aliphatic heterocycles. The van der Waals surface area contributed by atoms with Crippen molar-refractivity contribution in [2.45, 2.75) is 25.7 Å². The maximum atomic E-state index is 15.1. The van der Waals surface area contributed by atoms with E-state index in [9.17, 15) is 8.78 Å². The van der Waals surface area contributed by atoms with E-state index in [0.717, 1.165) is 11.9 Å². The second-order valence-corrected chi connectivity index (χ2v) is 7.28. The normalized spacial score (nSPS) is 10.5. The smallest absolute Gasteiger partial charge is 0.220 e. The molecule has 0 bridgehead atoms. The molecule has 0 aliphatic carbocycles. The standard InChI is InChI=1S/C21H15F3N4S.C2H6/c1-11-2-4-14(9-16(11)23)29-28-18-7-5-15(22)19(20(18)24)12-3-6-17-13(8-12)10-26-21(25)27-17;1-2/h2-10,28H,1H3,(H2,25,26,27);1-2H3. The molecule has 3 aromatic carbocycles. The lowest BCUT2D eigenvalue weighted by Crippen LogP contribution is -1.98. The number of halogens is 3. The van der Waals surface area contributed by atoms with E-state index >= 15 is 4.39 Å². The molecule has 8 heteroatoms. The van der Waals surface area contributed by atoms with Crippen LogP contribution in [0.2, 0.25) is 0 Å². The molecule has 0 saturated heterocycles. The van der Waals surface area contributed by atoms with Crippen LogP contribution in [0.3, 0.4) is 0 Å². The van der Waals surface area contributed by atoms with E-state index in [1.165, 1.54) is 24.4 Å². The minimum atomic E-state index is -0.749. The van der Waals surface area contributed by atoms with Crippen molar-refractivity contribution in [3.63, 3.8) is 0 Å². The van der Waals surface area contributed by atoms with Gasteiger partial charge in [0.15, 0.2) is 5.82 Å².